The van der Waals surface area contributed by atoms with Gasteiger partial charge in [0.25, 0.3) is 0 Å². The Labute approximate surface area is 182 Å². The fourth-order valence-corrected chi connectivity index (χ4v) is 3.18. The van der Waals surface area contributed by atoms with Gasteiger partial charge in [0, 0.05) is 32.1 Å². The number of rotatable bonds is 9. The Kier molecular flexibility index (Phi) is 8.71. The van der Waals surface area contributed by atoms with Crippen LogP contribution in [0.5, 0.6) is 0 Å². The van der Waals surface area contributed by atoms with Gasteiger partial charge in [-0.05, 0) is 25.8 Å². The number of hydrogen-bond donors (Lipinski definition) is 1. The lowest BCUT2D eigenvalue weighted by atomic mass is 10.1. The van der Waals surface area contributed by atoms with E-state index in [9.17, 15) is 4.79 Å². The number of hydrogen-bond acceptors (Lipinski definition) is 8. The van der Waals surface area contributed by atoms with Gasteiger partial charge in [0.15, 0.2) is 5.82 Å². The van der Waals surface area contributed by atoms with Crippen molar-refractivity contribution in [3.63, 3.8) is 0 Å². The molecule has 1 amide bonds. The van der Waals surface area contributed by atoms with Crippen LogP contribution < -0.4 is 10.2 Å². The van der Waals surface area contributed by atoms with Crippen LogP contribution in [-0.4, -0.2) is 55.5 Å². The maximum absolute atomic E-state index is 11.4. The second-order valence-corrected chi connectivity index (χ2v) is 7.26. The molecule has 9 nitrogen and oxygen atoms in total. The summed E-state index contributed by atoms with van der Waals surface area (Å²) in [4.78, 5) is 22.8. The molecule has 1 saturated heterocycles. The highest BCUT2D eigenvalue weighted by Crippen LogP contribution is 2.20. The standard InChI is InChI=1S/C22H30N6O3/c1-3-23-22(29)31-11-5-8-19-25-20(15-21(26-19)28-9-12-30-13-10-28)27-24-16-18-7-4-6-17(2)14-18/h4,6-7,14-15H,3,5,8-13,16H2,1-2H3,(H,23,29). The normalized spacial score (nSPS) is 14.1. The van der Waals surface area contributed by atoms with Crippen LogP contribution in [0.2, 0.25) is 0 Å². The lowest BCUT2D eigenvalue weighted by Gasteiger charge is -2.28. The number of azo groups is 1. The molecule has 2 aromatic rings. The predicted molar refractivity (Wildman–Crippen MR) is 118 cm³/mol. The van der Waals surface area contributed by atoms with Crippen molar-refractivity contribution >= 4 is 17.7 Å². The number of carbonyl (C=O) groups is 1. The number of carbonyl (C=O) groups excluding carboxylic acids is 1. The zero-order valence-electron chi connectivity index (χ0n) is 18.2. The third kappa shape index (κ3) is 7.60. The molecule has 0 radical (unpaired) electrons. The summed E-state index contributed by atoms with van der Waals surface area (Å²) in [5, 5.41) is 11.3. The summed E-state index contributed by atoms with van der Waals surface area (Å²) in [7, 11) is 0. The van der Waals surface area contributed by atoms with Gasteiger partial charge in [0.2, 0.25) is 0 Å². The van der Waals surface area contributed by atoms with Gasteiger partial charge < -0.3 is 19.7 Å². The Bertz CT molecular complexity index is 883. The van der Waals surface area contributed by atoms with Gasteiger partial charge >= 0.3 is 6.09 Å². The SMILES string of the molecule is CCNC(=O)OCCCc1nc(N=NCc2cccc(C)c2)cc(N2CCOCC2)n1. The molecule has 1 N–H and O–H groups in total. The van der Waals surface area contributed by atoms with Gasteiger partial charge in [-0.25, -0.2) is 14.8 Å². The van der Waals surface area contributed by atoms with E-state index in [0.29, 0.717) is 57.4 Å². The van der Waals surface area contributed by atoms with E-state index >= 15 is 0 Å². The lowest BCUT2D eigenvalue weighted by Crippen LogP contribution is -2.36. The highest BCUT2D eigenvalue weighted by molar-refractivity contribution is 5.66. The number of morpholine rings is 1. The average Bonchev–Trinajstić information content (AvgIpc) is 2.77. The molecule has 0 aliphatic carbocycles. The Morgan fingerprint density at radius 2 is 2.10 bits per heavy atom. The zero-order valence-corrected chi connectivity index (χ0v) is 18.2. The van der Waals surface area contributed by atoms with Crippen molar-refractivity contribution in [1.29, 1.82) is 0 Å². The van der Waals surface area contributed by atoms with Crippen LogP contribution in [0.1, 0.15) is 30.3 Å². The van der Waals surface area contributed by atoms with E-state index < -0.39 is 6.09 Å². The molecule has 2 heterocycles. The van der Waals surface area contributed by atoms with Gasteiger partial charge in [0.05, 0.1) is 26.4 Å². The van der Waals surface area contributed by atoms with E-state index in [-0.39, 0.29) is 0 Å². The quantitative estimate of drug-likeness (QED) is 0.486. The largest absolute Gasteiger partial charge is 0.450 e. The summed E-state index contributed by atoms with van der Waals surface area (Å²) in [6.45, 7) is 8.14. The monoisotopic (exact) mass is 426 g/mol. The highest BCUT2D eigenvalue weighted by atomic mass is 16.5. The number of benzene rings is 1. The first-order valence-corrected chi connectivity index (χ1v) is 10.7. The smallest absolute Gasteiger partial charge is 0.407 e. The Morgan fingerprint density at radius 1 is 1.26 bits per heavy atom. The molecule has 0 saturated carbocycles. The number of amides is 1. The first kappa shape index (κ1) is 22.6. The first-order valence-electron chi connectivity index (χ1n) is 10.7. The van der Waals surface area contributed by atoms with Crippen LogP contribution >= 0.6 is 0 Å². The number of nitrogens with one attached hydrogen (secondary N) is 1. The first-order chi connectivity index (χ1) is 15.1. The predicted octanol–water partition coefficient (Wildman–Crippen LogP) is 3.58. The van der Waals surface area contributed by atoms with Crippen molar-refractivity contribution < 1.29 is 14.3 Å². The molecule has 1 aliphatic heterocycles. The minimum absolute atomic E-state index is 0.307. The maximum Gasteiger partial charge on any atom is 0.407 e. The fourth-order valence-electron chi connectivity index (χ4n) is 3.18. The van der Waals surface area contributed by atoms with Gasteiger partial charge in [-0.1, -0.05) is 29.8 Å². The molecular formula is C22H30N6O3. The summed E-state index contributed by atoms with van der Waals surface area (Å²) in [5.41, 5.74) is 2.30. The van der Waals surface area contributed by atoms with E-state index in [1.807, 2.05) is 25.1 Å². The van der Waals surface area contributed by atoms with E-state index in [0.717, 1.165) is 24.5 Å². The van der Waals surface area contributed by atoms with Crippen molar-refractivity contribution in [1.82, 2.24) is 15.3 Å². The maximum atomic E-state index is 11.4. The van der Waals surface area contributed by atoms with Gasteiger partial charge in [-0.15, -0.1) is 5.11 Å². The van der Waals surface area contributed by atoms with E-state index in [4.69, 9.17) is 9.47 Å². The molecule has 0 bridgehead atoms. The Morgan fingerprint density at radius 3 is 2.87 bits per heavy atom. The molecule has 31 heavy (non-hydrogen) atoms. The second-order valence-electron chi connectivity index (χ2n) is 7.26. The lowest BCUT2D eigenvalue weighted by molar-refractivity contribution is 0.122. The van der Waals surface area contributed by atoms with Gasteiger partial charge in [0.1, 0.15) is 11.6 Å². The summed E-state index contributed by atoms with van der Waals surface area (Å²) in [5.74, 6) is 2.01. The summed E-state index contributed by atoms with van der Waals surface area (Å²) in [6.07, 6.45) is 0.804. The van der Waals surface area contributed by atoms with Crippen molar-refractivity contribution in [3.05, 3.63) is 47.3 Å². The van der Waals surface area contributed by atoms with Crippen molar-refractivity contribution in [2.24, 2.45) is 10.2 Å². The third-order valence-electron chi connectivity index (χ3n) is 4.69. The summed E-state index contributed by atoms with van der Waals surface area (Å²) >= 11 is 0. The van der Waals surface area contributed by atoms with Crippen LogP contribution in [0.4, 0.5) is 16.4 Å². The summed E-state index contributed by atoms with van der Waals surface area (Å²) in [6, 6.07) is 10.1. The molecule has 0 atom stereocenters. The van der Waals surface area contributed by atoms with Crippen molar-refractivity contribution in [3.8, 4) is 0 Å². The van der Waals surface area contributed by atoms with E-state index in [1.54, 1.807) is 0 Å². The van der Waals surface area contributed by atoms with Crippen LogP contribution in [0, 0.1) is 6.92 Å². The number of aryl methyl sites for hydroxylation is 2. The molecule has 0 unspecified atom stereocenters. The summed E-state index contributed by atoms with van der Waals surface area (Å²) < 4.78 is 10.6. The molecule has 1 aromatic heterocycles. The zero-order chi connectivity index (χ0) is 21.9. The number of nitrogens with zero attached hydrogens (tertiary/aromatic N) is 5. The van der Waals surface area contributed by atoms with E-state index in [1.165, 1.54) is 5.56 Å². The molecule has 9 heteroatoms. The molecule has 1 fully saturated rings. The molecule has 166 valence electrons. The van der Waals surface area contributed by atoms with Crippen LogP contribution in [0.15, 0.2) is 40.6 Å². The van der Waals surface area contributed by atoms with Crippen molar-refractivity contribution in [2.75, 3.05) is 44.4 Å². The molecule has 0 spiro atoms. The van der Waals surface area contributed by atoms with Crippen molar-refractivity contribution in [2.45, 2.75) is 33.2 Å². The number of alkyl carbamates (subject to hydrolysis) is 1. The Hall–Kier alpha value is -3.07. The fraction of sp³-hybridized carbons (Fsp3) is 0.500. The third-order valence-corrected chi connectivity index (χ3v) is 4.69. The van der Waals surface area contributed by atoms with Crippen LogP contribution in [0.25, 0.3) is 0 Å². The number of ether oxygens (including phenoxy) is 2. The molecule has 1 aliphatic rings. The van der Waals surface area contributed by atoms with Crippen LogP contribution in [-0.2, 0) is 22.4 Å². The average molecular weight is 427 g/mol. The number of aromatic nitrogens is 2. The van der Waals surface area contributed by atoms with E-state index in [2.05, 4.69) is 49.5 Å². The molecule has 1 aromatic carbocycles. The molecule has 3 rings (SSSR count). The van der Waals surface area contributed by atoms with Gasteiger partial charge in [-0.2, -0.15) is 5.11 Å². The van der Waals surface area contributed by atoms with Gasteiger partial charge in [-0.3, -0.25) is 0 Å². The topological polar surface area (TPSA) is 101 Å². The minimum Gasteiger partial charge on any atom is -0.450 e. The Balaban J connectivity index is 1.67. The molecular weight excluding hydrogens is 396 g/mol. The van der Waals surface area contributed by atoms with Crippen LogP contribution in [0.3, 0.4) is 0 Å². The number of anilines is 1. The minimum atomic E-state index is -0.406. The highest BCUT2D eigenvalue weighted by Gasteiger charge is 2.15. The second kappa shape index (κ2) is 11.9.